The largest absolute Gasteiger partial charge is 0.733 e. The van der Waals surface area contributed by atoms with E-state index in [2.05, 4.69) is 22.0 Å². The predicted octanol–water partition coefficient (Wildman–Crippen LogP) is 3.20. The summed E-state index contributed by atoms with van der Waals surface area (Å²) in [6.45, 7) is 0. The minimum atomic E-state index is -0.162. The molecule has 2 aromatic rings. The van der Waals surface area contributed by atoms with Crippen LogP contribution in [0.15, 0.2) is 40.8 Å². The van der Waals surface area contributed by atoms with E-state index in [4.69, 9.17) is 5.21 Å². The molecule has 0 spiro atoms. The second-order valence-electron chi connectivity index (χ2n) is 4.25. The SMILES string of the molecule is [O-]N(O)c1ccc(NN=C2CCc3sccc32)cc1. The zero-order valence-corrected chi connectivity index (χ0v) is 10.9. The van der Waals surface area contributed by atoms with Crippen molar-refractivity contribution in [3.63, 3.8) is 0 Å². The number of benzene rings is 1. The summed E-state index contributed by atoms with van der Waals surface area (Å²) in [4.78, 5) is 1.39. The van der Waals surface area contributed by atoms with Crippen LogP contribution in [0.1, 0.15) is 16.9 Å². The quantitative estimate of drug-likeness (QED) is 0.843. The molecule has 0 saturated heterocycles. The van der Waals surface area contributed by atoms with Crippen molar-refractivity contribution in [1.82, 2.24) is 0 Å². The van der Waals surface area contributed by atoms with Crippen LogP contribution in [-0.2, 0) is 6.42 Å². The van der Waals surface area contributed by atoms with Crippen molar-refractivity contribution in [1.29, 1.82) is 0 Å². The van der Waals surface area contributed by atoms with Crippen LogP contribution in [-0.4, -0.2) is 10.9 Å². The standard InChI is InChI=1S/C13H12N3O2S/c17-16(18)10-3-1-9(2-4-10)14-15-12-5-6-13-11(12)7-8-19-13/h1-4,7-8,14,17H,5-6H2/q-1. The Balaban J connectivity index is 1.73. The number of hydrogen-bond donors (Lipinski definition) is 2. The lowest BCUT2D eigenvalue weighted by Gasteiger charge is -2.21. The van der Waals surface area contributed by atoms with Crippen molar-refractivity contribution >= 4 is 28.4 Å². The molecule has 0 amide bonds. The maximum Gasteiger partial charge on any atom is 0.0694 e. The lowest BCUT2D eigenvalue weighted by Crippen LogP contribution is -2.06. The minimum Gasteiger partial charge on any atom is -0.733 e. The average Bonchev–Trinajstić information content (AvgIpc) is 3.00. The molecule has 1 aliphatic rings. The van der Waals surface area contributed by atoms with Crippen LogP contribution in [0.4, 0.5) is 11.4 Å². The molecule has 1 aromatic carbocycles. The van der Waals surface area contributed by atoms with Crippen molar-refractivity contribution in [3.8, 4) is 0 Å². The Hall–Kier alpha value is -1.89. The zero-order valence-electron chi connectivity index (χ0n) is 10.0. The van der Waals surface area contributed by atoms with Crippen LogP contribution in [0.25, 0.3) is 0 Å². The number of anilines is 2. The predicted molar refractivity (Wildman–Crippen MR) is 76.9 cm³/mol. The summed E-state index contributed by atoms with van der Waals surface area (Å²) in [6.07, 6.45) is 2.01. The first kappa shape index (κ1) is 12.2. The molecule has 3 rings (SSSR count). The lowest BCUT2D eigenvalue weighted by molar-refractivity contribution is 0.296. The van der Waals surface area contributed by atoms with Crippen LogP contribution in [0, 0.1) is 5.21 Å². The number of thiophene rings is 1. The van der Waals surface area contributed by atoms with Gasteiger partial charge in [0.2, 0.25) is 0 Å². The average molecular weight is 274 g/mol. The fourth-order valence-corrected chi connectivity index (χ4v) is 2.97. The number of nitrogens with zero attached hydrogens (tertiary/aromatic N) is 2. The summed E-state index contributed by atoms with van der Waals surface area (Å²) in [5, 5.41) is 25.7. The number of fused-ring (bicyclic) bond motifs is 1. The molecule has 1 heterocycles. The zero-order chi connectivity index (χ0) is 13.2. The first-order chi connectivity index (χ1) is 9.24. The van der Waals surface area contributed by atoms with Gasteiger partial charge in [0.05, 0.1) is 17.1 Å². The van der Waals surface area contributed by atoms with Crippen LogP contribution >= 0.6 is 11.3 Å². The smallest absolute Gasteiger partial charge is 0.0694 e. The van der Waals surface area contributed by atoms with Gasteiger partial charge in [-0.05, 0) is 48.6 Å². The number of aryl methyl sites for hydroxylation is 1. The van der Waals surface area contributed by atoms with E-state index in [-0.39, 0.29) is 10.9 Å². The van der Waals surface area contributed by atoms with Gasteiger partial charge in [0.1, 0.15) is 0 Å². The van der Waals surface area contributed by atoms with Crippen LogP contribution in [0.2, 0.25) is 0 Å². The highest BCUT2D eigenvalue weighted by molar-refractivity contribution is 7.10. The van der Waals surface area contributed by atoms with E-state index in [9.17, 15) is 5.21 Å². The lowest BCUT2D eigenvalue weighted by atomic mass is 10.2. The Bertz CT molecular complexity index is 605. The number of hydrazone groups is 1. The Morgan fingerprint density at radius 1 is 1.21 bits per heavy atom. The molecule has 0 fully saturated rings. The Kier molecular flexibility index (Phi) is 3.20. The molecule has 19 heavy (non-hydrogen) atoms. The van der Waals surface area contributed by atoms with Gasteiger partial charge in [-0.25, -0.2) is 0 Å². The van der Waals surface area contributed by atoms with Gasteiger partial charge in [-0.2, -0.15) is 5.10 Å². The van der Waals surface area contributed by atoms with Crippen molar-refractivity contribution in [2.24, 2.45) is 5.10 Å². The summed E-state index contributed by atoms with van der Waals surface area (Å²) in [5.41, 5.74) is 6.24. The highest BCUT2D eigenvalue weighted by Crippen LogP contribution is 2.27. The Morgan fingerprint density at radius 3 is 2.74 bits per heavy atom. The van der Waals surface area contributed by atoms with Crippen molar-refractivity contribution in [2.75, 3.05) is 10.7 Å². The molecule has 0 atom stereocenters. The minimum absolute atomic E-state index is 0.162. The molecule has 0 radical (unpaired) electrons. The van der Waals surface area contributed by atoms with Gasteiger partial charge in [0, 0.05) is 10.4 Å². The van der Waals surface area contributed by atoms with Crippen molar-refractivity contribution < 1.29 is 5.21 Å². The third kappa shape index (κ3) is 2.46. The van der Waals surface area contributed by atoms with Crippen LogP contribution in [0.5, 0.6) is 0 Å². The topological polar surface area (TPSA) is 70.9 Å². The van der Waals surface area contributed by atoms with Crippen molar-refractivity contribution in [2.45, 2.75) is 12.8 Å². The van der Waals surface area contributed by atoms with E-state index in [1.54, 1.807) is 23.5 Å². The van der Waals surface area contributed by atoms with Gasteiger partial charge in [0.15, 0.2) is 0 Å². The molecule has 0 unspecified atom stereocenters. The molecule has 1 aliphatic carbocycles. The molecule has 98 valence electrons. The maximum absolute atomic E-state index is 10.7. The molecular weight excluding hydrogens is 262 g/mol. The Morgan fingerprint density at radius 2 is 2.00 bits per heavy atom. The molecule has 0 aliphatic heterocycles. The van der Waals surface area contributed by atoms with E-state index >= 15 is 0 Å². The first-order valence-electron chi connectivity index (χ1n) is 5.89. The molecule has 2 N–H and O–H groups in total. The molecule has 0 bridgehead atoms. The van der Waals surface area contributed by atoms with Crippen LogP contribution in [0.3, 0.4) is 0 Å². The van der Waals surface area contributed by atoms with E-state index < -0.39 is 0 Å². The first-order valence-corrected chi connectivity index (χ1v) is 6.77. The fourth-order valence-electron chi connectivity index (χ4n) is 2.07. The molecule has 6 heteroatoms. The van der Waals surface area contributed by atoms with Crippen LogP contribution < -0.4 is 10.7 Å². The number of nitrogens with one attached hydrogen (secondary N) is 1. The van der Waals surface area contributed by atoms with E-state index in [0.29, 0.717) is 0 Å². The normalized spacial score (nSPS) is 15.6. The summed E-state index contributed by atoms with van der Waals surface area (Å²) >= 11 is 1.77. The molecule has 5 nitrogen and oxygen atoms in total. The second-order valence-corrected chi connectivity index (χ2v) is 5.25. The van der Waals surface area contributed by atoms with Gasteiger partial charge in [0.25, 0.3) is 0 Å². The van der Waals surface area contributed by atoms with Gasteiger partial charge in [-0.15, -0.1) is 11.3 Å². The van der Waals surface area contributed by atoms with Crippen molar-refractivity contribution in [3.05, 3.63) is 51.4 Å². The van der Waals surface area contributed by atoms with E-state index in [1.807, 2.05) is 0 Å². The highest BCUT2D eigenvalue weighted by Gasteiger charge is 2.18. The van der Waals surface area contributed by atoms with Gasteiger partial charge in [-0.3, -0.25) is 10.6 Å². The number of hydrogen-bond acceptors (Lipinski definition) is 6. The summed E-state index contributed by atoms with van der Waals surface area (Å²) < 4.78 is 0. The van der Waals surface area contributed by atoms with Gasteiger partial charge in [-0.1, -0.05) is 0 Å². The molecule has 1 aromatic heterocycles. The third-order valence-electron chi connectivity index (χ3n) is 3.05. The Labute approximate surface area is 114 Å². The van der Waals surface area contributed by atoms with E-state index in [1.165, 1.54) is 22.6 Å². The fraction of sp³-hybridized carbons (Fsp3) is 0.154. The third-order valence-corrected chi connectivity index (χ3v) is 4.03. The molecule has 0 saturated carbocycles. The maximum atomic E-state index is 10.7. The summed E-state index contributed by atoms with van der Waals surface area (Å²) in [6, 6.07) is 8.55. The number of rotatable bonds is 3. The highest BCUT2D eigenvalue weighted by atomic mass is 32.1. The summed E-state index contributed by atoms with van der Waals surface area (Å²) in [7, 11) is 0. The molecular formula is C13H12N3O2S-. The summed E-state index contributed by atoms with van der Waals surface area (Å²) in [5.74, 6) is 0. The van der Waals surface area contributed by atoms with E-state index in [0.717, 1.165) is 24.2 Å². The van der Waals surface area contributed by atoms with Gasteiger partial charge >= 0.3 is 0 Å². The monoisotopic (exact) mass is 274 g/mol. The second kappa shape index (κ2) is 5.00. The van der Waals surface area contributed by atoms with Gasteiger partial charge < -0.3 is 10.4 Å².